The number of thiazole rings is 1. The van der Waals surface area contributed by atoms with Crippen LogP contribution in [0.15, 0.2) is 6.20 Å². The van der Waals surface area contributed by atoms with Gasteiger partial charge < -0.3 is 10.4 Å². The fraction of sp³-hybridized carbons (Fsp3) is 0.500. The van der Waals surface area contributed by atoms with Crippen molar-refractivity contribution >= 4 is 23.2 Å². The zero-order chi connectivity index (χ0) is 12.3. The molecular formula is C10H14N2O3S. The molecular weight excluding hydrogens is 228 g/mol. The zero-order valence-corrected chi connectivity index (χ0v) is 10.2. The molecule has 0 atom stereocenters. The lowest BCUT2D eigenvalue weighted by atomic mass is 9.93. The fourth-order valence-corrected chi connectivity index (χ4v) is 1.68. The Hall–Kier alpha value is -1.43. The third kappa shape index (κ3) is 2.79. The molecule has 1 heterocycles. The molecule has 0 saturated carbocycles. The molecule has 5 nitrogen and oxygen atoms in total. The normalized spacial score (nSPS) is 11.2. The van der Waals surface area contributed by atoms with E-state index in [9.17, 15) is 9.59 Å². The largest absolute Gasteiger partial charge is 0.480 e. The van der Waals surface area contributed by atoms with Crippen LogP contribution in [0.25, 0.3) is 0 Å². The molecule has 0 aromatic carbocycles. The van der Waals surface area contributed by atoms with E-state index in [1.807, 2.05) is 6.92 Å². The summed E-state index contributed by atoms with van der Waals surface area (Å²) in [5.74, 6) is -1.65. The van der Waals surface area contributed by atoms with Gasteiger partial charge in [-0.1, -0.05) is 0 Å². The van der Waals surface area contributed by atoms with Gasteiger partial charge in [0.2, 0.25) is 5.91 Å². The van der Waals surface area contributed by atoms with E-state index in [0.717, 1.165) is 9.88 Å². The average Bonchev–Trinajstić information content (AvgIpc) is 2.60. The summed E-state index contributed by atoms with van der Waals surface area (Å²) in [5, 5.41) is 12.2. The number of carbonyl (C=O) groups is 2. The Bertz CT molecular complexity index is 412. The van der Waals surface area contributed by atoms with E-state index in [4.69, 9.17) is 5.11 Å². The average molecular weight is 242 g/mol. The Balaban J connectivity index is 2.56. The van der Waals surface area contributed by atoms with Gasteiger partial charge in [0.25, 0.3) is 0 Å². The zero-order valence-electron chi connectivity index (χ0n) is 9.40. The number of rotatable bonds is 4. The lowest BCUT2D eigenvalue weighted by Gasteiger charge is -2.17. The Labute approximate surface area is 97.5 Å². The fourth-order valence-electron chi connectivity index (χ4n) is 0.957. The highest BCUT2D eigenvalue weighted by atomic mass is 32.1. The van der Waals surface area contributed by atoms with Crippen molar-refractivity contribution in [2.24, 2.45) is 5.41 Å². The minimum atomic E-state index is -1.41. The highest BCUT2D eigenvalue weighted by Gasteiger charge is 2.35. The standard InChI is InChI=1S/C10H14N2O3S/c1-6-4-11-7(16-6)5-12-8(13)10(2,3)9(14)15/h4H,5H2,1-3H3,(H,12,13)(H,14,15). The van der Waals surface area contributed by atoms with Crippen LogP contribution in [0.1, 0.15) is 23.7 Å². The first-order valence-corrected chi connectivity index (χ1v) is 5.58. The number of aryl methyl sites for hydroxylation is 1. The minimum Gasteiger partial charge on any atom is -0.480 e. The maximum atomic E-state index is 11.6. The maximum Gasteiger partial charge on any atom is 0.318 e. The van der Waals surface area contributed by atoms with E-state index >= 15 is 0 Å². The van der Waals surface area contributed by atoms with Crippen molar-refractivity contribution in [3.8, 4) is 0 Å². The first-order chi connectivity index (χ1) is 7.34. The molecule has 1 rings (SSSR count). The molecule has 16 heavy (non-hydrogen) atoms. The van der Waals surface area contributed by atoms with Crippen LogP contribution < -0.4 is 5.32 Å². The summed E-state index contributed by atoms with van der Waals surface area (Å²) in [6.45, 7) is 4.94. The molecule has 88 valence electrons. The van der Waals surface area contributed by atoms with Gasteiger partial charge in [0, 0.05) is 11.1 Å². The predicted molar refractivity (Wildman–Crippen MR) is 60.1 cm³/mol. The van der Waals surface area contributed by atoms with Crippen molar-refractivity contribution in [2.75, 3.05) is 0 Å². The van der Waals surface area contributed by atoms with Crippen LogP contribution in [0.3, 0.4) is 0 Å². The summed E-state index contributed by atoms with van der Waals surface area (Å²) in [4.78, 5) is 27.5. The van der Waals surface area contributed by atoms with Gasteiger partial charge >= 0.3 is 5.97 Å². The topological polar surface area (TPSA) is 79.3 Å². The Morgan fingerprint density at radius 3 is 2.62 bits per heavy atom. The SMILES string of the molecule is Cc1cnc(CNC(=O)C(C)(C)C(=O)O)s1. The minimum absolute atomic E-state index is 0.272. The third-order valence-electron chi connectivity index (χ3n) is 2.17. The molecule has 0 bridgehead atoms. The van der Waals surface area contributed by atoms with Crippen LogP contribution in [0.4, 0.5) is 0 Å². The summed E-state index contributed by atoms with van der Waals surface area (Å²) < 4.78 is 0. The first-order valence-electron chi connectivity index (χ1n) is 4.77. The number of hydrogen-bond acceptors (Lipinski definition) is 4. The molecule has 0 unspecified atom stereocenters. The molecule has 0 radical (unpaired) electrons. The van der Waals surface area contributed by atoms with Gasteiger partial charge in [0.15, 0.2) is 0 Å². The molecule has 0 aliphatic carbocycles. The molecule has 1 amide bonds. The molecule has 1 aromatic rings. The van der Waals surface area contributed by atoms with Crippen LogP contribution in [-0.2, 0) is 16.1 Å². The summed E-state index contributed by atoms with van der Waals surface area (Å²) in [6, 6.07) is 0. The number of nitrogens with one attached hydrogen (secondary N) is 1. The highest BCUT2D eigenvalue weighted by Crippen LogP contribution is 2.16. The van der Waals surface area contributed by atoms with Gasteiger partial charge in [-0.25, -0.2) is 4.98 Å². The molecule has 0 saturated heterocycles. The van der Waals surface area contributed by atoms with Crippen molar-refractivity contribution in [3.63, 3.8) is 0 Å². The quantitative estimate of drug-likeness (QED) is 0.777. The van der Waals surface area contributed by atoms with Crippen molar-refractivity contribution in [1.82, 2.24) is 10.3 Å². The van der Waals surface area contributed by atoms with Gasteiger partial charge in [0.05, 0.1) is 6.54 Å². The molecule has 0 spiro atoms. The molecule has 0 fully saturated rings. The summed E-state index contributed by atoms with van der Waals surface area (Å²) >= 11 is 1.48. The monoisotopic (exact) mass is 242 g/mol. The van der Waals surface area contributed by atoms with Crippen molar-refractivity contribution in [2.45, 2.75) is 27.3 Å². The molecule has 0 aliphatic rings. The van der Waals surface area contributed by atoms with Crippen molar-refractivity contribution < 1.29 is 14.7 Å². The number of amides is 1. The predicted octanol–water partition coefficient (Wildman–Crippen LogP) is 1.18. The van der Waals surface area contributed by atoms with Crippen molar-refractivity contribution in [3.05, 3.63) is 16.1 Å². The molecule has 0 aliphatic heterocycles. The molecule has 6 heteroatoms. The van der Waals surface area contributed by atoms with E-state index in [0.29, 0.717) is 0 Å². The van der Waals surface area contributed by atoms with E-state index in [1.165, 1.54) is 25.2 Å². The van der Waals surface area contributed by atoms with E-state index in [1.54, 1.807) is 6.20 Å². The molecule has 1 aromatic heterocycles. The number of hydrogen-bond donors (Lipinski definition) is 2. The van der Waals surface area contributed by atoms with Crippen LogP contribution >= 0.6 is 11.3 Å². The first kappa shape index (κ1) is 12.6. The molecule has 2 N–H and O–H groups in total. The van der Waals surface area contributed by atoms with Crippen LogP contribution in [0, 0.1) is 12.3 Å². The van der Waals surface area contributed by atoms with E-state index in [2.05, 4.69) is 10.3 Å². The smallest absolute Gasteiger partial charge is 0.318 e. The number of carbonyl (C=O) groups excluding carboxylic acids is 1. The summed E-state index contributed by atoms with van der Waals surface area (Å²) in [5.41, 5.74) is -1.41. The Morgan fingerprint density at radius 2 is 2.19 bits per heavy atom. The van der Waals surface area contributed by atoms with Gasteiger partial charge in [-0.3, -0.25) is 9.59 Å². The van der Waals surface area contributed by atoms with E-state index < -0.39 is 17.3 Å². The second-order valence-corrected chi connectivity index (χ2v) is 5.30. The Kier molecular flexibility index (Phi) is 3.64. The lowest BCUT2D eigenvalue weighted by molar-refractivity contribution is -0.153. The number of aromatic nitrogens is 1. The van der Waals surface area contributed by atoms with Gasteiger partial charge in [-0.05, 0) is 20.8 Å². The lowest BCUT2D eigenvalue weighted by Crippen LogP contribution is -2.41. The summed E-state index contributed by atoms with van der Waals surface area (Å²) in [7, 11) is 0. The number of carboxylic acids is 1. The maximum absolute atomic E-state index is 11.6. The number of aliphatic carboxylic acids is 1. The third-order valence-corrected chi connectivity index (χ3v) is 3.08. The summed E-state index contributed by atoms with van der Waals surface area (Å²) in [6.07, 6.45) is 1.72. The highest BCUT2D eigenvalue weighted by molar-refractivity contribution is 7.11. The van der Waals surface area contributed by atoms with Gasteiger partial charge in [-0.2, -0.15) is 0 Å². The van der Waals surface area contributed by atoms with Crippen LogP contribution in [-0.4, -0.2) is 22.0 Å². The van der Waals surface area contributed by atoms with Crippen LogP contribution in [0.5, 0.6) is 0 Å². The Morgan fingerprint density at radius 1 is 1.56 bits per heavy atom. The van der Waals surface area contributed by atoms with Gasteiger partial charge in [-0.15, -0.1) is 11.3 Å². The van der Waals surface area contributed by atoms with Crippen LogP contribution in [0.2, 0.25) is 0 Å². The van der Waals surface area contributed by atoms with E-state index in [-0.39, 0.29) is 6.54 Å². The van der Waals surface area contributed by atoms with Crippen molar-refractivity contribution in [1.29, 1.82) is 0 Å². The second-order valence-electron chi connectivity index (χ2n) is 3.98. The number of carboxylic acid groups (broad SMARTS) is 1. The van der Waals surface area contributed by atoms with Gasteiger partial charge in [0.1, 0.15) is 10.4 Å². The second kappa shape index (κ2) is 4.61. The number of nitrogens with zero attached hydrogens (tertiary/aromatic N) is 1.